The molecule has 0 radical (unpaired) electrons. The molecule has 0 saturated carbocycles. The van der Waals surface area contributed by atoms with Gasteiger partial charge in [-0.15, -0.1) is 21.9 Å². The number of nitrogens with zero attached hydrogens (tertiary/aromatic N) is 1. The van der Waals surface area contributed by atoms with E-state index in [1.807, 2.05) is 30.3 Å². The molecule has 11 aromatic rings. The average Bonchev–Trinajstić information content (AvgIpc) is 2.77. The fourth-order valence-electron chi connectivity index (χ4n) is 10.4. The van der Waals surface area contributed by atoms with Crippen molar-refractivity contribution in [3.8, 4) is 11.3 Å². The van der Waals surface area contributed by atoms with Crippen LogP contribution in [0, 0.1) is 116 Å². The van der Waals surface area contributed by atoms with E-state index < -0.39 is 144 Å². The minimum absolute atomic E-state index is 0.102. The summed E-state index contributed by atoms with van der Waals surface area (Å²) < 4.78 is 296. The smallest absolute Gasteiger partial charge is 0.227 e. The Kier molecular flexibility index (Phi) is 13.6. The van der Waals surface area contributed by atoms with Gasteiger partial charge < -0.3 is 0 Å². The van der Waals surface area contributed by atoms with Gasteiger partial charge in [0.15, 0.2) is 76.0 Å². The summed E-state index contributed by atoms with van der Waals surface area (Å²) in [4.78, 5) is 13.3. The summed E-state index contributed by atoms with van der Waals surface area (Å²) in [5, 5.41) is 9.85. The third-order valence-corrected chi connectivity index (χ3v) is 13.8. The molecule has 0 aliphatic carbocycles. The number of hydrogen-bond acceptors (Lipinski definition) is 1. The molecule has 0 aliphatic heterocycles. The number of pyridine rings is 1. The van der Waals surface area contributed by atoms with Gasteiger partial charge in [0.1, 0.15) is 52.7 Å². The van der Waals surface area contributed by atoms with E-state index in [-0.39, 0.29) is 12.3 Å². The Morgan fingerprint density at radius 1 is 0.312 bits per heavy atom. The predicted molar refractivity (Wildman–Crippen MR) is 253 cm³/mol. The van der Waals surface area contributed by atoms with E-state index in [0.717, 1.165) is 27.6 Å². The van der Waals surface area contributed by atoms with Crippen LogP contribution in [0.5, 0.6) is 0 Å². The van der Waals surface area contributed by atoms with Crippen molar-refractivity contribution in [3.05, 3.63) is 243 Å². The van der Waals surface area contributed by atoms with Gasteiger partial charge in [-0.1, -0.05) is 97.1 Å². The second kappa shape index (κ2) is 20.0. The Hall–Kier alpha value is -9.02. The minimum Gasteiger partial charge on any atom is -0.287 e. The van der Waals surface area contributed by atoms with Gasteiger partial charge in [0, 0.05) is 11.6 Å². The molecule has 0 aliphatic rings. The van der Waals surface area contributed by atoms with Crippen molar-refractivity contribution in [1.29, 1.82) is 0 Å². The maximum Gasteiger partial charge on any atom is 0.227 e. The van der Waals surface area contributed by atoms with E-state index in [9.17, 15) is 57.5 Å². The minimum atomic E-state index is -7.22. The van der Waals surface area contributed by atoms with Crippen molar-refractivity contribution in [2.75, 3.05) is 0 Å². The quantitative estimate of drug-likeness (QED) is 0.0283. The molecular weight excluding hydrogens is 1110 g/mol. The molecule has 0 bridgehead atoms. The van der Waals surface area contributed by atoms with Crippen LogP contribution in [0.2, 0.25) is 0 Å². The Bertz CT molecular complexity index is 4020. The Balaban J connectivity index is 0.000000185. The van der Waals surface area contributed by atoms with Crippen molar-refractivity contribution < 1.29 is 97.2 Å². The van der Waals surface area contributed by atoms with Gasteiger partial charge in [0.25, 0.3) is 0 Å². The van der Waals surface area contributed by atoms with Crippen LogP contribution in [-0.2, 0) is 6.54 Å². The third-order valence-electron chi connectivity index (χ3n) is 13.8. The lowest BCUT2D eigenvalue weighted by Crippen LogP contribution is -2.81. The highest BCUT2D eigenvalue weighted by atomic mass is 19.2. The van der Waals surface area contributed by atoms with Crippen molar-refractivity contribution in [3.63, 3.8) is 0 Å². The highest BCUT2D eigenvalue weighted by Gasteiger charge is 2.52. The molecule has 11 rings (SSSR count). The van der Waals surface area contributed by atoms with Gasteiger partial charge >= 0.3 is 0 Å². The number of benzene rings is 10. The topological polar surface area (TPSA) is 20.9 Å². The van der Waals surface area contributed by atoms with Crippen LogP contribution in [0.15, 0.2) is 121 Å². The van der Waals surface area contributed by atoms with E-state index >= 15 is 35.1 Å². The molecule has 10 aromatic carbocycles. The summed E-state index contributed by atoms with van der Waals surface area (Å²) >= 11 is 0. The average molecular weight is 1130 g/mol. The van der Waals surface area contributed by atoms with Gasteiger partial charge in [0.05, 0.1) is 10.9 Å². The summed E-state index contributed by atoms with van der Waals surface area (Å²) in [5.74, 6) is -71.3. The summed E-state index contributed by atoms with van der Waals surface area (Å²) in [6, 6.07) is 39.9. The summed E-state index contributed by atoms with van der Waals surface area (Å²) in [5.41, 5.74) is -11.4. The van der Waals surface area contributed by atoms with Crippen LogP contribution in [0.4, 0.5) is 87.8 Å². The fraction of sp³-hybridized carbons (Fsp3) is 0.0175. The zero-order valence-electron chi connectivity index (χ0n) is 39.2. The molecule has 0 saturated heterocycles. The number of halogens is 20. The van der Waals surface area contributed by atoms with Gasteiger partial charge in [-0.25, -0.2) is 87.8 Å². The van der Waals surface area contributed by atoms with Crippen LogP contribution >= 0.6 is 0 Å². The number of aromatic nitrogens is 1. The molecule has 0 N–H and O–H groups in total. The van der Waals surface area contributed by atoms with E-state index in [4.69, 9.17) is 0 Å². The van der Waals surface area contributed by atoms with Crippen LogP contribution < -0.4 is 26.4 Å². The summed E-state index contributed by atoms with van der Waals surface area (Å²) in [6.07, 6.45) is -5.16. The number of carbonyl (C=O) groups excluding carboxylic acids is 1. The van der Waals surface area contributed by atoms with E-state index in [1.165, 1.54) is 32.3 Å². The third kappa shape index (κ3) is 7.97. The predicted octanol–water partition coefficient (Wildman–Crippen LogP) is 13.4. The van der Waals surface area contributed by atoms with E-state index in [2.05, 4.69) is 95.7 Å². The van der Waals surface area contributed by atoms with Gasteiger partial charge in [0.2, 0.25) is 18.0 Å². The maximum atomic E-state index is 15.4. The zero-order chi connectivity index (χ0) is 57.7. The molecule has 0 atom stereocenters. The number of fused-ring (bicyclic) bond motifs is 1. The largest absolute Gasteiger partial charge is 0.287 e. The number of ketones is 1. The zero-order valence-corrected chi connectivity index (χ0v) is 39.2. The number of rotatable bonds is 8. The first-order valence-electron chi connectivity index (χ1n) is 22.9. The lowest BCUT2D eigenvalue weighted by atomic mass is 9.12. The van der Waals surface area contributed by atoms with Gasteiger partial charge in [-0.2, -0.15) is 4.57 Å². The molecule has 1 heterocycles. The molecular formula is C57H22BF20NO. The standard InChI is InChI=1S/C33H22NO.C24BF20/c35-30(23-8-2-1-3-9-23)21-34-20-19-22-7-4-5-12-27(22)33(34)29-18-16-26-14-13-24-10-6-11-25-15-17-28(29)32(26)31(24)25;26-5-1(6(27)14(35)21(42)13(5)34)25(2-7(28)15(36)22(43)16(37)8(2)29,3-9(30)17(38)23(44)18(39)10(3)31)4-11(32)19(40)24(45)20(41)12(4)33/h1-20H,21H2;/q+1;-1. The monoisotopic (exact) mass is 1130 g/mol. The van der Waals surface area contributed by atoms with E-state index in [0.29, 0.717) is 0 Å². The molecule has 0 amide bonds. The Labute approximate surface area is 434 Å². The number of hydrogen-bond donors (Lipinski definition) is 0. The molecule has 80 heavy (non-hydrogen) atoms. The molecule has 2 nitrogen and oxygen atoms in total. The maximum absolute atomic E-state index is 15.4. The molecule has 0 fully saturated rings. The lowest BCUT2D eigenvalue weighted by Gasteiger charge is -2.44. The van der Waals surface area contributed by atoms with Crippen molar-refractivity contribution in [2.45, 2.75) is 6.54 Å². The molecule has 0 unspecified atom stereocenters. The molecule has 23 heteroatoms. The number of Topliss-reactive ketones (excluding diaryl/α,β-unsaturated/α-hetero) is 1. The second-order valence-electron chi connectivity index (χ2n) is 17.9. The summed E-state index contributed by atoms with van der Waals surface area (Å²) in [7, 11) is 0. The molecule has 1 aromatic heterocycles. The van der Waals surface area contributed by atoms with Crippen molar-refractivity contribution >= 4 is 76.9 Å². The highest BCUT2D eigenvalue weighted by Crippen LogP contribution is 2.40. The fourth-order valence-corrected chi connectivity index (χ4v) is 10.4. The Morgan fingerprint density at radius 3 is 1.07 bits per heavy atom. The van der Waals surface area contributed by atoms with Gasteiger partial charge in [-0.05, 0) is 49.8 Å². The lowest BCUT2D eigenvalue weighted by molar-refractivity contribution is -0.671. The van der Waals surface area contributed by atoms with E-state index in [1.54, 1.807) is 0 Å². The van der Waals surface area contributed by atoms with Crippen molar-refractivity contribution in [1.82, 2.24) is 0 Å². The number of carbonyl (C=O) groups is 1. The highest BCUT2D eigenvalue weighted by molar-refractivity contribution is 7.20. The van der Waals surface area contributed by atoms with Crippen LogP contribution in [0.3, 0.4) is 0 Å². The SMILES string of the molecule is Fc1c(F)c(F)c([B-](c2c(F)c(F)c(F)c(F)c2F)(c2c(F)c(F)c(F)c(F)c2F)c2c(F)c(F)c(F)c(F)c2F)c(F)c1F.O=C(C[n+]1ccc2ccccc2c1-c1ccc2ccc3cccc4ccc1c2c34)c1ccccc1. The normalized spacial score (nSPS) is 11.8. The van der Waals surface area contributed by atoms with Crippen LogP contribution in [-0.4, -0.2) is 11.9 Å². The van der Waals surface area contributed by atoms with Crippen molar-refractivity contribution in [2.24, 2.45) is 0 Å². The first-order chi connectivity index (χ1) is 38.0. The van der Waals surface area contributed by atoms with Crippen LogP contribution in [0.25, 0.3) is 54.3 Å². The first-order valence-corrected chi connectivity index (χ1v) is 22.9. The second-order valence-corrected chi connectivity index (χ2v) is 17.9. The van der Waals surface area contributed by atoms with Gasteiger partial charge in [-0.3, -0.25) is 4.79 Å². The molecule has 404 valence electrons. The van der Waals surface area contributed by atoms with Crippen LogP contribution in [0.1, 0.15) is 10.4 Å². The Morgan fingerprint density at radius 2 is 0.650 bits per heavy atom. The summed E-state index contributed by atoms with van der Waals surface area (Å²) in [6.45, 7) is 0.284. The molecule has 0 spiro atoms. The first kappa shape index (κ1) is 54.3.